The largest absolute Gasteiger partial charge is 1.00 e. The van der Waals surface area contributed by atoms with Gasteiger partial charge < -0.3 is 49.1 Å². The second-order valence-electron chi connectivity index (χ2n) is 19.1. The zero-order chi connectivity index (χ0) is 52.7. The Morgan fingerprint density at radius 1 is 0.667 bits per heavy atom. The van der Waals surface area contributed by atoms with E-state index in [0.717, 1.165) is 43.7 Å². The fraction of sp³-hybridized carbons (Fsp3) is 0.141. The number of β-lactam (4-membered cyclic amide) rings is 1. The predicted molar refractivity (Wildman–Crippen MR) is 312 cm³/mol. The molecule has 3 heterocycles. The molecule has 0 saturated carbocycles. The first-order valence-corrected chi connectivity index (χ1v) is 29.3. The normalized spacial score (nSPS) is 17.2. The van der Waals surface area contributed by atoms with Gasteiger partial charge in [-0.3, -0.25) is 14.4 Å². The van der Waals surface area contributed by atoms with Gasteiger partial charge in [-0.1, -0.05) is 211 Å². The van der Waals surface area contributed by atoms with Crippen molar-refractivity contribution in [2.24, 2.45) is 10.6 Å². The van der Waals surface area contributed by atoms with E-state index in [9.17, 15) is 9.59 Å². The molecule has 390 valence electrons. The van der Waals surface area contributed by atoms with Crippen molar-refractivity contribution in [3.63, 3.8) is 0 Å². The number of nitrogens with zero attached hydrogens (tertiary/aromatic N) is 3. The van der Waals surface area contributed by atoms with Crippen molar-refractivity contribution in [1.29, 1.82) is 0 Å². The monoisotopic (exact) mass is 1200 g/mol. The van der Waals surface area contributed by atoms with E-state index in [-0.39, 0.29) is 47.8 Å². The van der Waals surface area contributed by atoms with Crippen LogP contribution < -0.4 is 50.5 Å². The average molecular weight is 1200 g/mol. The summed E-state index contributed by atoms with van der Waals surface area (Å²) in [5.41, 5.74) is 2.76. The van der Waals surface area contributed by atoms with E-state index in [4.69, 9.17) is 14.6 Å². The van der Waals surface area contributed by atoms with Gasteiger partial charge in [-0.05, 0) is 64.2 Å². The lowest BCUT2D eigenvalue weighted by Crippen LogP contribution is -3.00. The van der Waals surface area contributed by atoms with Gasteiger partial charge in [0.25, 0.3) is 5.91 Å². The molecule has 2 N–H and O–H groups in total. The van der Waals surface area contributed by atoms with Gasteiger partial charge in [0.05, 0.1) is 6.16 Å². The predicted octanol–water partition coefficient (Wildman–Crippen LogP) is 7.61. The van der Waals surface area contributed by atoms with E-state index in [1.54, 1.807) is 10.3 Å². The molecule has 11 rings (SSSR count). The van der Waals surface area contributed by atoms with Crippen molar-refractivity contribution >= 4 is 74.9 Å². The maximum Gasteiger partial charge on any atom is 0.319 e. The minimum Gasteiger partial charge on any atom is -1.00 e. The summed E-state index contributed by atoms with van der Waals surface area (Å²) in [5, 5.41) is 16.1. The molecular formula is C64H55IN5O5PS2. The molecule has 78 heavy (non-hydrogen) atoms. The molecule has 14 heteroatoms. The summed E-state index contributed by atoms with van der Waals surface area (Å²) in [6.07, 6.45) is -0.341. The number of thioether (sulfide) groups is 1. The molecule has 2 saturated heterocycles. The third kappa shape index (κ3) is 10.5. The minimum absolute atomic E-state index is 0. The van der Waals surface area contributed by atoms with Crippen LogP contribution in [0.1, 0.15) is 39.6 Å². The summed E-state index contributed by atoms with van der Waals surface area (Å²) in [5.74, 6) is -1.01. The summed E-state index contributed by atoms with van der Waals surface area (Å²) in [7, 11) is -1.32. The van der Waals surface area contributed by atoms with Gasteiger partial charge >= 0.3 is 5.97 Å². The maximum atomic E-state index is 15.9. The van der Waals surface area contributed by atoms with E-state index in [1.165, 1.54) is 30.2 Å². The Balaban J connectivity index is 0.00000688. The number of carbonyl (C=O) groups excluding carboxylic acids is 3. The number of halogens is 1. The van der Waals surface area contributed by atoms with Crippen LogP contribution in [0.3, 0.4) is 0 Å². The zero-order valence-corrected chi connectivity index (χ0v) is 47.2. The molecule has 0 radical (unpaired) electrons. The molecule has 1 aromatic heterocycles. The van der Waals surface area contributed by atoms with Crippen molar-refractivity contribution in [3.05, 3.63) is 282 Å². The molecular weight excluding hydrogens is 1140 g/mol. The molecule has 8 aromatic carbocycles. The quantitative estimate of drug-likeness (QED) is 0.0171. The molecule has 0 spiro atoms. The smallest absolute Gasteiger partial charge is 0.319 e. The number of carbonyl (C=O) groups is 3. The minimum atomic E-state index is -2.69. The number of hydrogen-bond donors (Lipinski definition) is 2. The lowest BCUT2D eigenvalue weighted by atomic mass is 9.77. The van der Waals surface area contributed by atoms with Gasteiger partial charge in [0.15, 0.2) is 16.9 Å². The van der Waals surface area contributed by atoms with Gasteiger partial charge in [0.2, 0.25) is 5.91 Å². The molecule has 2 aliphatic heterocycles. The SMILES string of the molecule is CON=C(C(=O)NC1C(=O)N2CC(C[P+](c3ccccc3)(c3ccccc3)c3ccccc3)(C(=O)OC(c3ccccc3)c3ccccc3)CS[C@H]12)c1csc(NC(c2ccccc2)(c2ccccc2)c2ccccc2)n1.[I-]. The summed E-state index contributed by atoms with van der Waals surface area (Å²) in [4.78, 5) is 57.3. The van der Waals surface area contributed by atoms with Crippen LogP contribution in [0.2, 0.25) is 0 Å². The standard InChI is InChI=1S/C64H54N5O5PS2.HI/c1-73-68-55(54-42-76-62(65-54)67-64(48-30-14-4-15-31-48,49-32-16-5-17-33-49)50-34-18-6-19-35-50)58(70)66-56-59(71)69-43-63(45-77-60(56)69,61(72)74-57(46-26-10-2-11-27-46)47-28-12-3-13-29-47)44-75(51-36-20-7-21-37-51,52-38-22-8-23-39-52)53-40-24-9-25-41-53;/h2-42,56-57,60H,43-45H2,1H3,(H-,65,66,67,70);1H/t56?,60-,63?;/m1./s1. The number of oxime groups is 1. The summed E-state index contributed by atoms with van der Waals surface area (Å²) >= 11 is 2.82. The molecule has 2 unspecified atom stereocenters. The summed E-state index contributed by atoms with van der Waals surface area (Å²) in [6.45, 7) is 0.0748. The maximum absolute atomic E-state index is 15.9. The van der Waals surface area contributed by atoms with Gasteiger partial charge in [0, 0.05) is 17.7 Å². The topological polar surface area (TPSA) is 122 Å². The van der Waals surface area contributed by atoms with E-state index in [1.807, 2.05) is 133 Å². The lowest BCUT2D eigenvalue weighted by Gasteiger charge is -2.54. The van der Waals surface area contributed by atoms with Crippen molar-refractivity contribution in [2.45, 2.75) is 23.1 Å². The first-order valence-electron chi connectivity index (χ1n) is 25.4. The van der Waals surface area contributed by atoms with Crippen LogP contribution >= 0.6 is 30.4 Å². The first-order chi connectivity index (χ1) is 37.8. The Hall–Kier alpha value is -7.42. The van der Waals surface area contributed by atoms with Crippen LogP contribution in [0.4, 0.5) is 5.13 Å². The number of ether oxygens (including phenoxy) is 1. The van der Waals surface area contributed by atoms with E-state index in [0.29, 0.717) is 17.0 Å². The number of anilines is 1. The highest BCUT2D eigenvalue weighted by Gasteiger charge is 2.63. The van der Waals surface area contributed by atoms with Gasteiger partial charge in [-0.15, -0.1) is 23.1 Å². The zero-order valence-electron chi connectivity index (χ0n) is 42.5. The second-order valence-corrected chi connectivity index (χ2v) is 24.6. The molecule has 2 fully saturated rings. The highest BCUT2D eigenvalue weighted by molar-refractivity contribution is 8.00. The number of benzene rings is 8. The number of nitrogens with one attached hydrogen (secondary N) is 2. The third-order valence-electron chi connectivity index (χ3n) is 14.5. The highest BCUT2D eigenvalue weighted by Crippen LogP contribution is 2.61. The molecule has 0 aliphatic carbocycles. The number of rotatable bonds is 18. The van der Waals surface area contributed by atoms with Crippen LogP contribution in [0.5, 0.6) is 0 Å². The van der Waals surface area contributed by atoms with Crippen molar-refractivity contribution in [3.8, 4) is 0 Å². The van der Waals surface area contributed by atoms with Crippen LogP contribution in [0.25, 0.3) is 0 Å². The van der Waals surface area contributed by atoms with E-state index < -0.39 is 47.6 Å². The third-order valence-corrected chi connectivity index (χ3v) is 21.4. The number of fused-ring (bicyclic) bond motifs is 1. The number of amides is 2. The van der Waals surface area contributed by atoms with Crippen molar-refractivity contribution in [1.82, 2.24) is 15.2 Å². The molecule has 2 aliphatic rings. The van der Waals surface area contributed by atoms with Crippen LogP contribution in [0, 0.1) is 5.41 Å². The van der Waals surface area contributed by atoms with E-state index in [2.05, 4.69) is 125 Å². The highest BCUT2D eigenvalue weighted by atomic mass is 127. The fourth-order valence-electron chi connectivity index (χ4n) is 10.8. The molecule has 0 bridgehead atoms. The first kappa shape index (κ1) is 54.0. The van der Waals surface area contributed by atoms with Crippen molar-refractivity contribution in [2.75, 3.05) is 30.9 Å². The van der Waals surface area contributed by atoms with Crippen LogP contribution in [-0.2, 0) is 29.5 Å². The van der Waals surface area contributed by atoms with Crippen molar-refractivity contribution < 1.29 is 47.9 Å². The Kier molecular flexibility index (Phi) is 16.7. The molecule has 2 amide bonds. The second kappa shape index (κ2) is 24.1. The van der Waals surface area contributed by atoms with Gasteiger partial charge in [0.1, 0.15) is 58.3 Å². The Morgan fingerprint density at radius 3 is 1.53 bits per heavy atom. The number of hydrogen-bond acceptors (Lipinski definition) is 10. The summed E-state index contributed by atoms with van der Waals surface area (Å²) < 4.78 is 6.89. The number of thiazole rings is 1. The van der Waals surface area contributed by atoms with Gasteiger partial charge in [-0.2, -0.15) is 0 Å². The molecule has 3 atom stereocenters. The van der Waals surface area contributed by atoms with Crippen LogP contribution in [0.15, 0.2) is 253 Å². The van der Waals surface area contributed by atoms with E-state index >= 15 is 4.79 Å². The molecule has 9 aromatic rings. The average Bonchev–Trinajstić information content (AvgIpc) is 4.07. The molecule has 10 nitrogen and oxygen atoms in total. The Bertz CT molecular complexity index is 3250. The number of aromatic nitrogens is 1. The Morgan fingerprint density at radius 2 is 1.09 bits per heavy atom. The fourth-order valence-corrected chi connectivity index (χ4v) is 18.0. The Labute approximate surface area is 480 Å². The number of esters is 1. The van der Waals surface area contributed by atoms with Crippen LogP contribution in [-0.4, -0.2) is 70.4 Å². The lowest BCUT2D eigenvalue weighted by molar-refractivity contribution is -0.164. The summed E-state index contributed by atoms with van der Waals surface area (Å²) in [6, 6.07) is 80.5. The van der Waals surface area contributed by atoms with Gasteiger partial charge in [-0.25, -0.2) is 4.98 Å².